The van der Waals surface area contributed by atoms with Gasteiger partial charge in [-0.25, -0.2) is 0 Å². The first-order chi connectivity index (χ1) is 13.7. The molecule has 4 nitrogen and oxygen atoms in total. The van der Waals surface area contributed by atoms with Gasteiger partial charge >= 0.3 is 5.97 Å². The molecule has 0 aliphatic carbocycles. The van der Waals surface area contributed by atoms with Crippen LogP contribution in [-0.2, 0) is 9.53 Å². The van der Waals surface area contributed by atoms with Crippen LogP contribution in [0.5, 0.6) is 5.75 Å². The monoisotopic (exact) mass is 387 g/mol. The third-order valence-corrected chi connectivity index (χ3v) is 5.34. The van der Waals surface area contributed by atoms with Gasteiger partial charge in [0, 0.05) is 19.6 Å². The molecule has 0 N–H and O–H groups in total. The summed E-state index contributed by atoms with van der Waals surface area (Å²) in [6.45, 7) is 9.39. The van der Waals surface area contributed by atoms with Crippen molar-refractivity contribution in [1.82, 2.24) is 4.90 Å². The van der Waals surface area contributed by atoms with Gasteiger partial charge in [-0.05, 0) is 55.9 Å². The average Bonchev–Trinajstić information content (AvgIpc) is 2.73. The first-order valence-corrected chi connectivity index (χ1v) is 11.0. The topological polar surface area (TPSA) is 38.8 Å². The molecular formula is C24H37NO3. The SMILES string of the molecule is CCCCC[C@@H](CC)Oc1ccc(C2=CCN(CCC(=O)OCC)CC2)cc1. The summed E-state index contributed by atoms with van der Waals surface area (Å²) < 4.78 is 11.2. The van der Waals surface area contributed by atoms with E-state index in [0.717, 1.165) is 44.6 Å². The summed E-state index contributed by atoms with van der Waals surface area (Å²) in [5.74, 6) is 0.868. The highest BCUT2D eigenvalue weighted by Gasteiger charge is 2.15. The fourth-order valence-corrected chi connectivity index (χ4v) is 3.57. The maximum absolute atomic E-state index is 11.5. The molecule has 1 atom stereocenters. The van der Waals surface area contributed by atoms with Crippen molar-refractivity contribution in [3.05, 3.63) is 35.9 Å². The number of carbonyl (C=O) groups is 1. The first kappa shape index (κ1) is 22.5. The molecule has 0 saturated carbocycles. The predicted octanol–water partition coefficient (Wildman–Crippen LogP) is 5.47. The molecule has 0 radical (unpaired) electrons. The average molecular weight is 388 g/mol. The van der Waals surface area contributed by atoms with Crippen LogP contribution in [0.2, 0.25) is 0 Å². The van der Waals surface area contributed by atoms with Crippen molar-refractivity contribution in [3.8, 4) is 5.75 Å². The normalized spacial score (nSPS) is 15.8. The summed E-state index contributed by atoms with van der Waals surface area (Å²) in [6.07, 6.45) is 10.1. The van der Waals surface area contributed by atoms with Gasteiger partial charge in [0.2, 0.25) is 0 Å². The zero-order chi connectivity index (χ0) is 20.2. The number of unbranched alkanes of at least 4 members (excludes halogenated alkanes) is 2. The van der Waals surface area contributed by atoms with Gasteiger partial charge in [-0.15, -0.1) is 0 Å². The molecule has 1 aliphatic heterocycles. The van der Waals surface area contributed by atoms with Gasteiger partial charge in [0.15, 0.2) is 0 Å². The van der Waals surface area contributed by atoms with Crippen LogP contribution in [0.3, 0.4) is 0 Å². The summed E-state index contributed by atoms with van der Waals surface area (Å²) in [4.78, 5) is 13.8. The second kappa shape index (κ2) is 12.6. The number of ether oxygens (including phenoxy) is 2. The number of carbonyl (C=O) groups excluding carboxylic acids is 1. The molecule has 1 heterocycles. The molecule has 0 fully saturated rings. The molecule has 0 bridgehead atoms. The van der Waals surface area contributed by atoms with E-state index in [9.17, 15) is 4.79 Å². The zero-order valence-electron chi connectivity index (χ0n) is 17.9. The van der Waals surface area contributed by atoms with E-state index in [2.05, 4.69) is 49.1 Å². The zero-order valence-corrected chi connectivity index (χ0v) is 17.9. The van der Waals surface area contributed by atoms with E-state index >= 15 is 0 Å². The number of benzene rings is 1. The number of nitrogens with zero attached hydrogens (tertiary/aromatic N) is 1. The minimum Gasteiger partial charge on any atom is -0.490 e. The molecule has 0 spiro atoms. The Balaban J connectivity index is 1.82. The lowest BCUT2D eigenvalue weighted by Crippen LogP contribution is -2.31. The molecule has 156 valence electrons. The minimum absolute atomic E-state index is 0.104. The standard InChI is InChI=1S/C24H37NO3/c1-4-7-8-9-22(5-2)28-23-12-10-20(11-13-23)21-14-17-25(18-15-21)19-16-24(26)27-6-3/h10-14,22H,4-9,15-19H2,1-3H3/t22-/m1/s1. The highest BCUT2D eigenvalue weighted by atomic mass is 16.5. The lowest BCUT2D eigenvalue weighted by Gasteiger charge is -2.26. The molecule has 0 amide bonds. The van der Waals surface area contributed by atoms with Crippen LogP contribution < -0.4 is 4.74 Å². The fourth-order valence-electron chi connectivity index (χ4n) is 3.57. The maximum atomic E-state index is 11.5. The van der Waals surface area contributed by atoms with Crippen molar-refractivity contribution in [2.24, 2.45) is 0 Å². The lowest BCUT2D eigenvalue weighted by molar-refractivity contribution is -0.143. The third kappa shape index (κ3) is 7.67. The molecule has 1 aromatic rings. The van der Waals surface area contributed by atoms with Gasteiger partial charge < -0.3 is 9.47 Å². The van der Waals surface area contributed by atoms with E-state index in [-0.39, 0.29) is 5.97 Å². The van der Waals surface area contributed by atoms with Crippen molar-refractivity contribution in [3.63, 3.8) is 0 Å². The van der Waals surface area contributed by atoms with E-state index in [1.807, 2.05) is 6.92 Å². The molecule has 2 rings (SSSR count). The van der Waals surface area contributed by atoms with Crippen molar-refractivity contribution in [2.75, 3.05) is 26.2 Å². The van der Waals surface area contributed by atoms with Crippen molar-refractivity contribution in [1.29, 1.82) is 0 Å². The van der Waals surface area contributed by atoms with E-state index in [1.165, 1.54) is 30.4 Å². The Morgan fingerprint density at radius 3 is 2.54 bits per heavy atom. The number of esters is 1. The summed E-state index contributed by atoms with van der Waals surface area (Å²) in [6, 6.07) is 8.56. The van der Waals surface area contributed by atoms with Crippen LogP contribution in [-0.4, -0.2) is 43.2 Å². The molecular weight excluding hydrogens is 350 g/mol. The second-order valence-corrected chi connectivity index (χ2v) is 7.50. The van der Waals surface area contributed by atoms with E-state index in [0.29, 0.717) is 19.1 Å². The Kier molecular flexibility index (Phi) is 10.1. The number of hydrogen-bond donors (Lipinski definition) is 0. The van der Waals surface area contributed by atoms with Crippen molar-refractivity contribution >= 4 is 11.5 Å². The van der Waals surface area contributed by atoms with Gasteiger partial charge in [-0.1, -0.05) is 44.9 Å². The van der Waals surface area contributed by atoms with Crippen LogP contribution in [0.1, 0.15) is 71.3 Å². The minimum atomic E-state index is -0.104. The van der Waals surface area contributed by atoms with Gasteiger partial charge in [0.25, 0.3) is 0 Å². The smallest absolute Gasteiger partial charge is 0.307 e. The lowest BCUT2D eigenvalue weighted by atomic mass is 9.99. The number of rotatable bonds is 12. The van der Waals surface area contributed by atoms with E-state index in [1.54, 1.807) is 0 Å². The molecule has 4 heteroatoms. The molecule has 0 aromatic heterocycles. The van der Waals surface area contributed by atoms with Gasteiger partial charge in [0.1, 0.15) is 5.75 Å². The third-order valence-electron chi connectivity index (χ3n) is 5.34. The van der Waals surface area contributed by atoms with Crippen LogP contribution >= 0.6 is 0 Å². The Labute approximate surface area is 170 Å². The van der Waals surface area contributed by atoms with E-state index in [4.69, 9.17) is 9.47 Å². The second-order valence-electron chi connectivity index (χ2n) is 7.50. The van der Waals surface area contributed by atoms with E-state index < -0.39 is 0 Å². The summed E-state index contributed by atoms with van der Waals surface area (Å²) in [5, 5.41) is 0. The Morgan fingerprint density at radius 2 is 1.93 bits per heavy atom. The molecule has 1 aliphatic rings. The summed E-state index contributed by atoms with van der Waals surface area (Å²) in [7, 11) is 0. The van der Waals surface area contributed by atoms with Crippen molar-refractivity contribution < 1.29 is 14.3 Å². The maximum Gasteiger partial charge on any atom is 0.307 e. The fraction of sp³-hybridized carbons (Fsp3) is 0.625. The Hall–Kier alpha value is -1.81. The predicted molar refractivity (Wildman–Crippen MR) is 116 cm³/mol. The van der Waals surface area contributed by atoms with Crippen molar-refractivity contribution in [2.45, 2.75) is 71.8 Å². The molecule has 0 unspecified atom stereocenters. The summed E-state index contributed by atoms with van der Waals surface area (Å²) >= 11 is 0. The van der Waals surface area contributed by atoms with Crippen LogP contribution in [0.25, 0.3) is 5.57 Å². The molecule has 1 aromatic carbocycles. The van der Waals surface area contributed by atoms with Crippen LogP contribution in [0, 0.1) is 0 Å². The van der Waals surface area contributed by atoms with Gasteiger partial charge in [-0.3, -0.25) is 9.69 Å². The Bertz CT molecular complexity index is 609. The highest BCUT2D eigenvalue weighted by molar-refractivity contribution is 5.69. The largest absolute Gasteiger partial charge is 0.490 e. The van der Waals surface area contributed by atoms with Gasteiger partial charge in [-0.2, -0.15) is 0 Å². The highest BCUT2D eigenvalue weighted by Crippen LogP contribution is 2.25. The number of hydrogen-bond acceptors (Lipinski definition) is 4. The van der Waals surface area contributed by atoms with Gasteiger partial charge in [0.05, 0.1) is 19.1 Å². The molecule has 0 saturated heterocycles. The van der Waals surface area contributed by atoms with Crippen LogP contribution in [0.15, 0.2) is 30.3 Å². The van der Waals surface area contributed by atoms with Crippen LogP contribution in [0.4, 0.5) is 0 Å². The molecule has 28 heavy (non-hydrogen) atoms. The quantitative estimate of drug-likeness (QED) is 0.352. The first-order valence-electron chi connectivity index (χ1n) is 11.0. The summed E-state index contributed by atoms with van der Waals surface area (Å²) in [5.41, 5.74) is 2.66. The Morgan fingerprint density at radius 1 is 1.14 bits per heavy atom.